The minimum absolute atomic E-state index is 0.154. The molecule has 1 aromatic carbocycles. The van der Waals surface area contributed by atoms with Crippen LogP contribution in [0.3, 0.4) is 0 Å². The molecule has 0 radical (unpaired) electrons. The van der Waals surface area contributed by atoms with Crippen molar-refractivity contribution >= 4 is 5.91 Å². The number of hydrogen-bond donors (Lipinski definition) is 1. The van der Waals surface area contributed by atoms with E-state index in [1.54, 1.807) is 6.07 Å². The van der Waals surface area contributed by atoms with Gasteiger partial charge in [-0.2, -0.15) is 0 Å². The highest BCUT2D eigenvalue weighted by Gasteiger charge is 2.36. The summed E-state index contributed by atoms with van der Waals surface area (Å²) in [5.41, 5.74) is 2.85. The van der Waals surface area contributed by atoms with E-state index >= 15 is 0 Å². The third-order valence-corrected chi connectivity index (χ3v) is 5.25. The number of carbonyl (C=O) groups excluding carboxylic acids is 1. The predicted molar refractivity (Wildman–Crippen MR) is 91.8 cm³/mol. The molecule has 5 nitrogen and oxygen atoms in total. The maximum absolute atomic E-state index is 12.5. The first kappa shape index (κ1) is 15.4. The van der Waals surface area contributed by atoms with Gasteiger partial charge in [0, 0.05) is 30.3 Å². The normalized spacial score (nSPS) is 23.9. The van der Waals surface area contributed by atoms with Gasteiger partial charge < -0.3 is 9.84 Å². The number of aromatic nitrogens is 1. The van der Waals surface area contributed by atoms with Crippen LogP contribution in [-0.2, 0) is 0 Å². The van der Waals surface area contributed by atoms with Crippen LogP contribution in [0.1, 0.15) is 41.8 Å². The Morgan fingerprint density at radius 1 is 1.21 bits per heavy atom. The summed E-state index contributed by atoms with van der Waals surface area (Å²) in [6.07, 6.45) is 4.73. The second kappa shape index (κ2) is 6.40. The number of carbonyl (C=O) groups is 1. The number of nitrogens with one attached hydrogen (secondary N) is 1. The van der Waals surface area contributed by atoms with Crippen LogP contribution < -0.4 is 5.32 Å². The molecule has 2 atom stereocenters. The van der Waals surface area contributed by atoms with E-state index in [-0.39, 0.29) is 11.9 Å². The molecule has 5 heteroatoms. The van der Waals surface area contributed by atoms with Gasteiger partial charge in [0.2, 0.25) is 5.76 Å². The van der Waals surface area contributed by atoms with Crippen LogP contribution in [0.4, 0.5) is 0 Å². The van der Waals surface area contributed by atoms with Gasteiger partial charge in [-0.25, -0.2) is 0 Å². The van der Waals surface area contributed by atoms with Crippen molar-refractivity contribution in [3.05, 3.63) is 41.7 Å². The van der Waals surface area contributed by atoms with Crippen molar-refractivity contribution in [2.24, 2.45) is 0 Å². The number of fused-ring (bicyclic) bond motifs is 1. The van der Waals surface area contributed by atoms with Gasteiger partial charge in [-0.05, 0) is 32.7 Å². The fourth-order valence-electron chi connectivity index (χ4n) is 3.90. The van der Waals surface area contributed by atoms with E-state index in [9.17, 15) is 4.79 Å². The minimum Gasteiger partial charge on any atom is -0.350 e. The molecule has 1 aromatic heterocycles. The quantitative estimate of drug-likeness (QED) is 0.942. The van der Waals surface area contributed by atoms with Gasteiger partial charge in [-0.15, -0.1) is 0 Å². The smallest absolute Gasteiger partial charge is 0.290 e. The van der Waals surface area contributed by atoms with Gasteiger partial charge >= 0.3 is 0 Å². The van der Waals surface area contributed by atoms with Crippen molar-refractivity contribution in [1.82, 2.24) is 15.4 Å². The first-order chi connectivity index (χ1) is 11.7. The number of nitrogens with zero attached hydrogens (tertiary/aromatic N) is 2. The van der Waals surface area contributed by atoms with Crippen molar-refractivity contribution < 1.29 is 9.32 Å². The van der Waals surface area contributed by atoms with Crippen LogP contribution in [0, 0.1) is 6.92 Å². The van der Waals surface area contributed by atoms with E-state index in [4.69, 9.17) is 4.52 Å². The highest BCUT2D eigenvalue weighted by Crippen LogP contribution is 2.27. The largest absolute Gasteiger partial charge is 0.350 e. The Hall–Kier alpha value is -2.14. The lowest BCUT2D eigenvalue weighted by Crippen LogP contribution is -2.46. The summed E-state index contributed by atoms with van der Waals surface area (Å²) in [5.74, 6) is 0.137. The zero-order chi connectivity index (χ0) is 16.5. The summed E-state index contributed by atoms with van der Waals surface area (Å²) >= 11 is 0. The first-order valence-electron chi connectivity index (χ1n) is 8.79. The molecule has 2 fully saturated rings. The fourth-order valence-corrected chi connectivity index (χ4v) is 3.90. The summed E-state index contributed by atoms with van der Waals surface area (Å²) in [6, 6.07) is 10.5. The zero-order valence-corrected chi connectivity index (χ0v) is 14.0. The fraction of sp³-hybridized carbons (Fsp3) is 0.474. The maximum atomic E-state index is 12.5. The van der Waals surface area contributed by atoms with Crippen molar-refractivity contribution in [3.63, 3.8) is 0 Å². The van der Waals surface area contributed by atoms with Crippen LogP contribution in [0.15, 0.2) is 34.9 Å². The Bertz CT molecular complexity index is 722. The summed E-state index contributed by atoms with van der Waals surface area (Å²) in [7, 11) is 0. The second-order valence-corrected chi connectivity index (χ2v) is 6.91. The molecule has 0 spiro atoms. The van der Waals surface area contributed by atoms with Crippen molar-refractivity contribution in [1.29, 1.82) is 0 Å². The molecular weight excluding hydrogens is 302 g/mol. The number of rotatable bonds is 3. The highest BCUT2D eigenvalue weighted by molar-refractivity contribution is 5.92. The van der Waals surface area contributed by atoms with E-state index in [0.717, 1.165) is 25.1 Å². The van der Waals surface area contributed by atoms with Crippen LogP contribution in [0.2, 0.25) is 0 Å². The molecular formula is C19H23N3O2. The third kappa shape index (κ3) is 2.96. The van der Waals surface area contributed by atoms with Gasteiger partial charge in [0.25, 0.3) is 5.91 Å². The molecule has 0 unspecified atom stereocenters. The van der Waals surface area contributed by atoms with Crippen LogP contribution >= 0.6 is 0 Å². The Labute approximate surface area is 142 Å². The molecule has 126 valence electrons. The lowest BCUT2D eigenvalue weighted by atomic mass is 9.99. The highest BCUT2D eigenvalue weighted by atomic mass is 16.5. The van der Waals surface area contributed by atoms with Crippen LogP contribution in [0.25, 0.3) is 11.3 Å². The van der Waals surface area contributed by atoms with E-state index in [0.29, 0.717) is 17.5 Å². The van der Waals surface area contributed by atoms with Crippen molar-refractivity contribution in [2.45, 2.75) is 44.7 Å². The van der Waals surface area contributed by atoms with Gasteiger partial charge in [-0.3, -0.25) is 9.69 Å². The number of amides is 1. The molecule has 0 bridgehead atoms. The number of hydrogen-bond acceptors (Lipinski definition) is 4. The molecule has 2 aliphatic rings. The van der Waals surface area contributed by atoms with E-state index in [1.807, 2.05) is 31.2 Å². The van der Waals surface area contributed by atoms with Gasteiger partial charge in [0.05, 0.1) is 0 Å². The van der Waals surface area contributed by atoms with Gasteiger partial charge in [0.15, 0.2) is 0 Å². The monoisotopic (exact) mass is 325 g/mol. The molecule has 2 aliphatic heterocycles. The number of benzene rings is 1. The van der Waals surface area contributed by atoms with Gasteiger partial charge in [-0.1, -0.05) is 41.4 Å². The lowest BCUT2D eigenvalue weighted by Gasteiger charge is -2.32. The van der Waals surface area contributed by atoms with E-state index in [1.165, 1.54) is 24.8 Å². The first-order valence-corrected chi connectivity index (χ1v) is 8.79. The third-order valence-electron chi connectivity index (χ3n) is 5.25. The Balaban J connectivity index is 1.44. The molecule has 3 heterocycles. The Morgan fingerprint density at radius 2 is 2.04 bits per heavy atom. The molecule has 1 N–H and O–H groups in total. The average molecular weight is 325 g/mol. The molecule has 0 saturated carbocycles. The Morgan fingerprint density at radius 3 is 2.88 bits per heavy atom. The molecule has 4 rings (SSSR count). The van der Waals surface area contributed by atoms with Gasteiger partial charge in [0.1, 0.15) is 5.69 Å². The molecule has 24 heavy (non-hydrogen) atoms. The van der Waals surface area contributed by atoms with Crippen molar-refractivity contribution in [3.8, 4) is 11.3 Å². The minimum atomic E-state index is -0.154. The SMILES string of the molecule is Cc1ccc(-c2cc(C(=O)N[C@@H]3CCN4CCCC[C@H]34)on2)cc1. The molecule has 2 aromatic rings. The molecule has 0 aliphatic carbocycles. The number of aryl methyl sites for hydroxylation is 1. The summed E-state index contributed by atoms with van der Waals surface area (Å²) in [5, 5.41) is 7.20. The second-order valence-electron chi connectivity index (χ2n) is 6.91. The number of piperidine rings is 1. The lowest BCUT2D eigenvalue weighted by molar-refractivity contribution is 0.0878. The predicted octanol–water partition coefficient (Wildman–Crippen LogP) is 3.01. The summed E-state index contributed by atoms with van der Waals surface area (Å²) < 4.78 is 5.28. The van der Waals surface area contributed by atoms with Crippen LogP contribution in [0.5, 0.6) is 0 Å². The van der Waals surface area contributed by atoms with Crippen LogP contribution in [-0.4, -0.2) is 41.1 Å². The maximum Gasteiger partial charge on any atom is 0.290 e. The average Bonchev–Trinajstić information content (AvgIpc) is 3.23. The summed E-state index contributed by atoms with van der Waals surface area (Å²) in [4.78, 5) is 15.0. The Kier molecular flexibility index (Phi) is 4.10. The molecule has 1 amide bonds. The topological polar surface area (TPSA) is 58.4 Å². The molecule has 2 saturated heterocycles. The zero-order valence-electron chi connectivity index (χ0n) is 14.0. The van der Waals surface area contributed by atoms with Crippen molar-refractivity contribution in [2.75, 3.05) is 13.1 Å². The van der Waals surface area contributed by atoms with E-state index in [2.05, 4.69) is 15.4 Å². The van der Waals surface area contributed by atoms with E-state index < -0.39 is 0 Å². The summed E-state index contributed by atoms with van der Waals surface area (Å²) in [6.45, 7) is 4.29. The standard InChI is InChI=1S/C19H23N3O2/c1-13-5-7-14(8-6-13)16-12-18(24-21-16)19(23)20-15-9-11-22-10-3-2-4-17(15)22/h5-8,12,15,17H,2-4,9-11H2,1H3,(H,20,23)/t15-,17-/m1/s1.